The van der Waals surface area contributed by atoms with Crippen LogP contribution in [0.15, 0.2) is 36.5 Å². The van der Waals surface area contributed by atoms with Crippen molar-refractivity contribution in [3.05, 3.63) is 42.2 Å². The van der Waals surface area contributed by atoms with Crippen molar-refractivity contribution in [1.82, 2.24) is 15.0 Å². The van der Waals surface area contributed by atoms with Gasteiger partial charge in [-0.15, -0.1) is 5.10 Å². The fraction of sp³-hybridized carbons (Fsp3) is 0.400. The van der Waals surface area contributed by atoms with E-state index in [0.717, 1.165) is 20.8 Å². The third kappa shape index (κ3) is 7.21. The number of hydrogen-bond donors (Lipinski definition) is 0. The summed E-state index contributed by atoms with van der Waals surface area (Å²) in [6, 6.07) is 8.93. The van der Waals surface area contributed by atoms with Gasteiger partial charge in [0, 0.05) is 27.7 Å². The first-order valence-corrected chi connectivity index (χ1v) is 9.30. The monoisotopic (exact) mass is 433 g/mol. The van der Waals surface area contributed by atoms with Gasteiger partial charge in [0.05, 0.1) is 11.9 Å². The highest BCUT2D eigenvalue weighted by molar-refractivity contribution is 5.69. The van der Waals surface area contributed by atoms with Gasteiger partial charge < -0.3 is 18.9 Å². The van der Waals surface area contributed by atoms with Gasteiger partial charge in [0.15, 0.2) is 18.3 Å². The normalized spacial score (nSPS) is 13.4. The van der Waals surface area contributed by atoms with Gasteiger partial charge >= 0.3 is 23.9 Å². The highest BCUT2D eigenvalue weighted by atomic mass is 16.6. The summed E-state index contributed by atoms with van der Waals surface area (Å²) in [4.78, 5) is 47.8. The molecule has 1 aromatic heterocycles. The summed E-state index contributed by atoms with van der Waals surface area (Å²) in [7, 11) is 0. The number of rotatable bonds is 9. The zero-order chi connectivity index (χ0) is 23.0. The lowest BCUT2D eigenvalue weighted by molar-refractivity contribution is -0.190. The number of ether oxygens (including phenoxy) is 4. The van der Waals surface area contributed by atoms with Crippen LogP contribution in [-0.2, 0) is 38.1 Å². The SMILES string of the molecule is CC(=O)OC[C@H](OC(C)=O)[C@@H](OC(C)=O)[C@@H](OC(C)=O)c1cnn(-c2ccccc2)n1. The Balaban J connectivity index is 2.46. The molecule has 3 atom stereocenters. The number of esters is 4. The Morgan fingerprint density at radius 2 is 1.48 bits per heavy atom. The zero-order valence-corrected chi connectivity index (χ0v) is 17.5. The lowest BCUT2D eigenvalue weighted by Gasteiger charge is -2.30. The molecule has 0 radical (unpaired) electrons. The number of nitrogens with zero attached hydrogens (tertiary/aromatic N) is 3. The predicted molar refractivity (Wildman–Crippen MR) is 104 cm³/mol. The predicted octanol–water partition coefficient (Wildman–Crippen LogP) is 1.30. The van der Waals surface area contributed by atoms with Gasteiger partial charge in [-0.1, -0.05) is 18.2 Å². The summed E-state index contributed by atoms with van der Waals surface area (Å²) in [6.45, 7) is 4.16. The second-order valence-corrected chi connectivity index (χ2v) is 6.45. The van der Waals surface area contributed by atoms with Crippen molar-refractivity contribution in [3.63, 3.8) is 0 Å². The number of carbonyl (C=O) groups is 4. The lowest BCUT2D eigenvalue weighted by atomic mass is 10.1. The molecule has 0 aliphatic rings. The number of hydrogen-bond acceptors (Lipinski definition) is 10. The van der Waals surface area contributed by atoms with Gasteiger partial charge in [0.1, 0.15) is 12.3 Å². The van der Waals surface area contributed by atoms with Gasteiger partial charge in [-0.25, -0.2) is 0 Å². The molecule has 1 heterocycles. The van der Waals surface area contributed by atoms with Crippen LogP contribution in [-0.4, -0.2) is 57.7 Å². The molecule has 2 rings (SSSR count). The summed E-state index contributed by atoms with van der Waals surface area (Å²) >= 11 is 0. The third-order valence-corrected chi connectivity index (χ3v) is 3.82. The minimum Gasteiger partial charge on any atom is -0.462 e. The van der Waals surface area contributed by atoms with E-state index in [0.29, 0.717) is 5.69 Å². The van der Waals surface area contributed by atoms with Crippen molar-refractivity contribution in [2.24, 2.45) is 0 Å². The van der Waals surface area contributed by atoms with Crippen LogP contribution in [0.1, 0.15) is 39.5 Å². The molecular formula is C20H23N3O8. The molecule has 1 aromatic carbocycles. The summed E-state index contributed by atoms with van der Waals surface area (Å²) in [5.74, 6) is -2.80. The number of para-hydroxylation sites is 1. The van der Waals surface area contributed by atoms with Gasteiger partial charge in [-0.3, -0.25) is 19.2 Å². The zero-order valence-electron chi connectivity index (χ0n) is 17.5. The van der Waals surface area contributed by atoms with Crippen LogP contribution in [0.3, 0.4) is 0 Å². The molecule has 11 nitrogen and oxygen atoms in total. The Hall–Kier alpha value is -3.76. The fourth-order valence-corrected chi connectivity index (χ4v) is 2.70. The Morgan fingerprint density at radius 3 is 2.03 bits per heavy atom. The highest BCUT2D eigenvalue weighted by Gasteiger charge is 2.40. The van der Waals surface area contributed by atoms with Crippen LogP contribution < -0.4 is 0 Å². The average molecular weight is 433 g/mol. The summed E-state index contributed by atoms with van der Waals surface area (Å²) in [6.07, 6.45) is -2.59. The van der Waals surface area contributed by atoms with Crippen LogP contribution >= 0.6 is 0 Å². The van der Waals surface area contributed by atoms with E-state index in [1.807, 2.05) is 6.07 Å². The van der Waals surface area contributed by atoms with E-state index in [2.05, 4.69) is 10.2 Å². The van der Waals surface area contributed by atoms with Crippen molar-refractivity contribution >= 4 is 23.9 Å². The molecule has 0 N–H and O–H groups in total. The smallest absolute Gasteiger partial charge is 0.303 e. The first-order chi connectivity index (χ1) is 14.7. The van der Waals surface area contributed by atoms with Crippen LogP contribution in [0.4, 0.5) is 0 Å². The molecule has 0 aliphatic heterocycles. The maximum absolute atomic E-state index is 11.8. The average Bonchev–Trinajstić information content (AvgIpc) is 3.18. The summed E-state index contributed by atoms with van der Waals surface area (Å²) < 4.78 is 20.8. The second kappa shape index (κ2) is 10.9. The van der Waals surface area contributed by atoms with E-state index in [1.54, 1.807) is 24.3 Å². The molecule has 0 fully saturated rings. The first-order valence-electron chi connectivity index (χ1n) is 9.30. The molecule has 2 aromatic rings. The second-order valence-electron chi connectivity index (χ2n) is 6.45. The van der Waals surface area contributed by atoms with Crippen molar-refractivity contribution in [2.45, 2.75) is 46.0 Å². The van der Waals surface area contributed by atoms with Crippen molar-refractivity contribution < 1.29 is 38.1 Å². The fourth-order valence-electron chi connectivity index (χ4n) is 2.70. The third-order valence-electron chi connectivity index (χ3n) is 3.82. The van der Waals surface area contributed by atoms with Gasteiger partial charge in [0.2, 0.25) is 0 Å². The molecule has 31 heavy (non-hydrogen) atoms. The molecule has 0 bridgehead atoms. The van der Waals surface area contributed by atoms with Gasteiger partial charge in [-0.05, 0) is 12.1 Å². The Labute approximate surface area is 178 Å². The van der Waals surface area contributed by atoms with Gasteiger partial charge in [-0.2, -0.15) is 9.90 Å². The van der Waals surface area contributed by atoms with E-state index in [9.17, 15) is 19.2 Å². The van der Waals surface area contributed by atoms with E-state index in [1.165, 1.54) is 17.9 Å². The maximum Gasteiger partial charge on any atom is 0.303 e. The van der Waals surface area contributed by atoms with Gasteiger partial charge in [0.25, 0.3) is 0 Å². The van der Waals surface area contributed by atoms with Crippen molar-refractivity contribution in [1.29, 1.82) is 0 Å². The Bertz CT molecular complexity index is 928. The standard InChI is InChI=1S/C20H23N3O8/c1-12(24)28-11-18(29-13(2)25)20(31-15(4)27)19(30-14(3)26)17-10-21-23(22-17)16-8-6-5-7-9-16/h5-10,18-20H,11H2,1-4H3/t18-,19-,20+/m0/s1. The molecule has 0 spiro atoms. The molecule has 0 unspecified atom stereocenters. The van der Waals surface area contributed by atoms with Crippen molar-refractivity contribution in [3.8, 4) is 5.69 Å². The van der Waals surface area contributed by atoms with E-state index >= 15 is 0 Å². The topological polar surface area (TPSA) is 136 Å². The van der Waals surface area contributed by atoms with E-state index in [4.69, 9.17) is 18.9 Å². The summed E-state index contributed by atoms with van der Waals surface area (Å²) in [5, 5.41) is 8.46. The Morgan fingerprint density at radius 1 is 0.871 bits per heavy atom. The number of aromatic nitrogens is 3. The highest BCUT2D eigenvalue weighted by Crippen LogP contribution is 2.27. The quantitative estimate of drug-likeness (QED) is 0.420. The van der Waals surface area contributed by atoms with Crippen LogP contribution in [0, 0.1) is 0 Å². The molecule has 0 saturated carbocycles. The van der Waals surface area contributed by atoms with E-state index in [-0.39, 0.29) is 5.69 Å². The molecule has 0 amide bonds. The minimum atomic E-state index is -1.36. The van der Waals surface area contributed by atoms with Crippen LogP contribution in [0.5, 0.6) is 0 Å². The molecule has 0 aliphatic carbocycles. The maximum atomic E-state index is 11.8. The first kappa shape index (κ1) is 23.5. The van der Waals surface area contributed by atoms with Crippen LogP contribution in [0.25, 0.3) is 5.69 Å². The Kier molecular flexibility index (Phi) is 8.24. The molecule has 166 valence electrons. The molecule has 11 heteroatoms. The lowest BCUT2D eigenvalue weighted by Crippen LogP contribution is -2.43. The molecular weight excluding hydrogens is 410 g/mol. The summed E-state index contributed by atoms with van der Waals surface area (Å²) in [5.41, 5.74) is 0.765. The number of benzene rings is 1. The minimum absolute atomic E-state index is 0.130. The largest absolute Gasteiger partial charge is 0.462 e. The van der Waals surface area contributed by atoms with Crippen LogP contribution in [0.2, 0.25) is 0 Å². The van der Waals surface area contributed by atoms with Crippen molar-refractivity contribution in [2.75, 3.05) is 6.61 Å². The number of carbonyl (C=O) groups excluding carboxylic acids is 4. The molecule has 0 saturated heterocycles. The van der Waals surface area contributed by atoms with E-state index < -0.39 is 48.8 Å².